The van der Waals surface area contributed by atoms with E-state index in [1.807, 2.05) is 12.2 Å². The van der Waals surface area contributed by atoms with Crippen molar-refractivity contribution in [2.45, 2.75) is 24.2 Å². The van der Waals surface area contributed by atoms with Crippen molar-refractivity contribution in [1.29, 1.82) is 0 Å². The second-order valence-corrected chi connectivity index (χ2v) is 8.28. The standard InChI is InChI=1S/C19H18ClFN2O3S/c20-14-10-11-16(23-27(25,26)18-9-5-4-8-15(18)21)17(12-14)22-19(24)13-6-2-1-3-7-13/h1-2,4-5,8-13,23H,3,6-7H2,(H,22,24). The summed E-state index contributed by atoms with van der Waals surface area (Å²) in [5.41, 5.74) is 0.337. The molecule has 0 radical (unpaired) electrons. The summed E-state index contributed by atoms with van der Waals surface area (Å²) in [4.78, 5) is 12.0. The molecule has 1 aliphatic carbocycles. The summed E-state index contributed by atoms with van der Waals surface area (Å²) in [7, 11) is -4.17. The summed E-state index contributed by atoms with van der Waals surface area (Å²) in [5.74, 6) is -1.27. The zero-order chi connectivity index (χ0) is 19.4. The van der Waals surface area contributed by atoms with Gasteiger partial charge in [-0.15, -0.1) is 0 Å². The molecule has 2 N–H and O–H groups in total. The Bertz CT molecular complexity index is 992. The third-order valence-electron chi connectivity index (χ3n) is 4.25. The van der Waals surface area contributed by atoms with Crippen LogP contribution in [0.5, 0.6) is 0 Å². The normalized spacial score (nSPS) is 16.7. The maximum absolute atomic E-state index is 13.9. The maximum Gasteiger partial charge on any atom is 0.264 e. The quantitative estimate of drug-likeness (QED) is 0.711. The molecule has 27 heavy (non-hydrogen) atoms. The van der Waals surface area contributed by atoms with E-state index in [4.69, 9.17) is 11.6 Å². The average molecular weight is 409 g/mol. The molecule has 0 aliphatic heterocycles. The van der Waals surface area contributed by atoms with Crippen molar-refractivity contribution in [3.05, 3.63) is 65.5 Å². The largest absolute Gasteiger partial charge is 0.324 e. The smallest absolute Gasteiger partial charge is 0.264 e. The Morgan fingerprint density at radius 1 is 1.11 bits per heavy atom. The van der Waals surface area contributed by atoms with Gasteiger partial charge < -0.3 is 5.32 Å². The second kappa shape index (κ2) is 8.10. The topological polar surface area (TPSA) is 75.3 Å². The van der Waals surface area contributed by atoms with Gasteiger partial charge in [-0.1, -0.05) is 35.9 Å². The van der Waals surface area contributed by atoms with Crippen molar-refractivity contribution in [1.82, 2.24) is 0 Å². The summed E-state index contributed by atoms with van der Waals surface area (Å²) in [5, 5.41) is 3.07. The summed E-state index contributed by atoms with van der Waals surface area (Å²) in [6, 6.07) is 9.43. The minimum absolute atomic E-state index is 0.113. The number of hydrogen-bond donors (Lipinski definition) is 2. The molecule has 1 amide bonds. The number of hydrogen-bond acceptors (Lipinski definition) is 3. The van der Waals surface area contributed by atoms with Crippen LogP contribution in [0.3, 0.4) is 0 Å². The third kappa shape index (κ3) is 4.67. The van der Waals surface area contributed by atoms with Crippen LogP contribution in [-0.2, 0) is 14.8 Å². The number of benzene rings is 2. The van der Waals surface area contributed by atoms with E-state index in [9.17, 15) is 17.6 Å². The number of nitrogens with one attached hydrogen (secondary N) is 2. The molecule has 1 aliphatic rings. The van der Waals surface area contributed by atoms with Crippen LogP contribution in [0.4, 0.5) is 15.8 Å². The molecule has 0 fully saturated rings. The van der Waals surface area contributed by atoms with E-state index in [1.54, 1.807) is 0 Å². The number of allylic oxidation sites excluding steroid dienone is 2. The van der Waals surface area contributed by atoms with Crippen molar-refractivity contribution in [2.24, 2.45) is 5.92 Å². The molecule has 1 atom stereocenters. The lowest BCUT2D eigenvalue weighted by atomic mass is 9.93. The Morgan fingerprint density at radius 3 is 2.59 bits per heavy atom. The molecular weight excluding hydrogens is 391 g/mol. The summed E-state index contributed by atoms with van der Waals surface area (Å²) >= 11 is 6.00. The Hall–Kier alpha value is -2.38. The molecule has 2 aromatic carbocycles. The lowest BCUT2D eigenvalue weighted by Gasteiger charge is -2.19. The molecule has 0 heterocycles. The molecular formula is C19H18ClFN2O3S. The highest BCUT2D eigenvalue weighted by Gasteiger charge is 2.23. The molecule has 5 nitrogen and oxygen atoms in total. The first-order valence-electron chi connectivity index (χ1n) is 8.39. The maximum atomic E-state index is 13.9. The third-order valence-corrected chi connectivity index (χ3v) is 5.88. The van der Waals surface area contributed by atoms with Gasteiger partial charge in [0, 0.05) is 10.9 Å². The highest BCUT2D eigenvalue weighted by atomic mass is 35.5. The van der Waals surface area contributed by atoms with Gasteiger partial charge in [0.1, 0.15) is 10.7 Å². The van der Waals surface area contributed by atoms with Crippen molar-refractivity contribution in [3.63, 3.8) is 0 Å². The predicted molar refractivity (Wildman–Crippen MR) is 104 cm³/mol. The molecule has 142 valence electrons. The van der Waals surface area contributed by atoms with E-state index >= 15 is 0 Å². The van der Waals surface area contributed by atoms with Gasteiger partial charge in [-0.3, -0.25) is 9.52 Å². The van der Waals surface area contributed by atoms with Gasteiger partial charge in [-0.2, -0.15) is 0 Å². The van der Waals surface area contributed by atoms with Crippen LogP contribution in [0.15, 0.2) is 59.5 Å². The number of anilines is 2. The first-order valence-corrected chi connectivity index (χ1v) is 10.3. The minimum atomic E-state index is -4.17. The Balaban J connectivity index is 1.87. The summed E-state index contributed by atoms with van der Waals surface area (Å²) in [6.45, 7) is 0. The molecule has 8 heteroatoms. The molecule has 2 aromatic rings. The second-order valence-electron chi connectivity index (χ2n) is 6.20. The van der Waals surface area contributed by atoms with Crippen LogP contribution in [0, 0.1) is 11.7 Å². The zero-order valence-corrected chi connectivity index (χ0v) is 15.9. The Morgan fingerprint density at radius 2 is 1.89 bits per heavy atom. The highest BCUT2D eigenvalue weighted by molar-refractivity contribution is 7.92. The fourth-order valence-corrected chi connectivity index (χ4v) is 4.17. The minimum Gasteiger partial charge on any atom is -0.324 e. The van der Waals surface area contributed by atoms with Crippen molar-refractivity contribution >= 4 is 38.9 Å². The Labute approximate surface area is 162 Å². The van der Waals surface area contributed by atoms with Gasteiger partial charge >= 0.3 is 0 Å². The van der Waals surface area contributed by atoms with E-state index < -0.39 is 20.7 Å². The monoisotopic (exact) mass is 408 g/mol. The predicted octanol–water partition coefficient (Wildman–Crippen LogP) is 4.57. The van der Waals surface area contributed by atoms with Crippen LogP contribution in [0.25, 0.3) is 0 Å². The van der Waals surface area contributed by atoms with Crippen molar-refractivity contribution in [3.8, 4) is 0 Å². The average Bonchev–Trinajstić information content (AvgIpc) is 2.65. The molecule has 3 rings (SSSR count). The molecule has 0 spiro atoms. The summed E-state index contributed by atoms with van der Waals surface area (Å²) in [6.07, 6.45) is 6.15. The molecule has 0 saturated carbocycles. The zero-order valence-electron chi connectivity index (χ0n) is 14.3. The van der Waals surface area contributed by atoms with E-state index in [0.29, 0.717) is 11.4 Å². The van der Waals surface area contributed by atoms with Gasteiger partial charge in [-0.25, -0.2) is 12.8 Å². The lowest BCUT2D eigenvalue weighted by molar-refractivity contribution is -0.120. The van der Waals surface area contributed by atoms with E-state index in [1.165, 1.54) is 36.4 Å². The van der Waals surface area contributed by atoms with E-state index in [2.05, 4.69) is 10.0 Å². The van der Waals surface area contributed by atoms with Crippen LogP contribution < -0.4 is 10.0 Å². The number of carbonyl (C=O) groups is 1. The van der Waals surface area contributed by atoms with Crippen LogP contribution in [0.1, 0.15) is 19.3 Å². The van der Waals surface area contributed by atoms with Crippen molar-refractivity contribution < 1.29 is 17.6 Å². The van der Waals surface area contributed by atoms with Crippen LogP contribution in [-0.4, -0.2) is 14.3 Å². The number of sulfonamides is 1. The van der Waals surface area contributed by atoms with Gasteiger partial charge in [0.15, 0.2) is 0 Å². The Kier molecular flexibility index (Phi) is 5.82. The number of halogens is 2. The SMILES string of the molecule is O=C(Nc1cc(Cl)ccc1NS(=O)(=O)c1ccccc1F)C1CC=CCC1. The number of amides is 1. The van der Waals surface area contributed by atoms with E-state index in [0.717, 1.165) is 18.9 Å². The summed E-state index contributed by atoms with van der Waals surface area (Å²) < 4.78 is 41.3. The fraction of sp³-hybridized carbons (Fsp3) is 0.211. The van der Waals surface area contributed by atoms with Gasteiger partial charge in [0.2, 0.25) is 5.91 Å². The molecule has 0 saturated heterocycles. The van der Waals surface area contributed by atoms with Crippen molar-refractivity contribution in [2.75, 3.05) is 10.0 Å². The van der Waals surface area contributed by atoms with Gasteiger partial charge in [0.05, 0.1) is 11.4 Å². The highest BCUT2D eigenvalue weighted by Crippen LogP contribution is 2.30. The lowest BCUT2D eigenvalue weighted by Crippen LogP contribution is -2.24. The number of carbonyl (C=O) groups excluding carboxylic acids is 1. The first kappa shape index (κ1) is 19.4. The van der Waals surface area contributed by atoms with Crippen LogP contribution >= 0.6 is 11.6 Å². The first-order chi connectivity index (χ1) is 12.9. The van der Waals surface area contributed by atoms with Gasteiger partial charge in [-0.05, 0) is 49.6 Å². The number of rotatable bonds is 5. The molecule has 1 unspecified atom stereocenters. The fourth-order valence-electron chi connectivity index (χ4n) is 2.84. The van der Waals surface area contributed by atoms with Crippen LogP contribution in [0.2, 0.25) is 5.02 Å². The van der Waals surface area contributed by atoms with Gasteiger partial charge in [0.25, 0.3) is 10.0 Å². The molecule has 0 aromatic heterocycles. The molecule has 0 bridgehead atoms. The van der Waals surface area contributed by atoms with E-state index in [-0.39, 0.29) is 23.2 Å².